The molecule has 0 atom stereocenters. The zero-order valence-corrected chi connectivity index (χ0v) is 11.8. The number of nitrogens with zero attached hydrogens (tertiary/aromatic N) is 2. The van der Waals surface area contributed by atoms with Gasteiger partial charge in [0.15, 0.2) is 0 Å². The summed E-state index contributed by atoms with van der Waals surface area (Å²) in [7, 11) is 1.76. The lowest BCUT2D eigenvalue weighted by Gasteiger charge is -2.35. The number of methoxy groups -OCH3 is 1. The predicted octanol–water partition coefficient (Wildman–Crippen LogP) is 2.37. The normalized spacial score (nSPS) is 31.6. The molecule has 2 saturated carbocycles. The van der Waals surface area contributed by atoms with Gasteiger partial charge in [-0.2, -0.15) is 4.98 Å². The lowest BCUT2D eigenvalue weighted by Crippen LogP contribution is -2.34. The van der Waals surface area contributed by atoms with Gasteiger partial charge in [-0.1, -0.05) is 12.1 Å². The third kappa shape index (κ3) is 2.82. The second kappa shape index (κ2) is 5.21. The Bertz CT molecular complexity index is 420. The van der Waals surface area contributed by atoms with Crippen LogP contribution in [0.5, 0.6) is 0 Å². The van der Waals surface area contributed by atoms with Gasteiger partial charge in [-0.05, 0) is 44.4 Å². The second-order valence-electron chi connectivity index (χ2n) is 6.05. The Labute approximate surface area is 114 Å². The van der Waals surface area contributed by atoms with E-state index in [1.807, 2.05) is 0 Å². The Morgan fingerprint density at radius 3 is 2.68 bits per heavy atom. The Morgan fingerprint density at radius 1 is 1.32 bits per heavy atom. The molecule has 1 N–H and O–H groups in total. The van der Waals surface area contributed by atoms with Crippen molar-refractivity contribution in [3.63, 3.8) is 0 Å². The number of aromatic nitrogens is 2. The highest BCUT2D eigenvalue weighted by Crippen LogP contribution is 2.40. The second-order valence-corrected chi connectivity index (χ2v) is 6.05. The molecule has 0 radical (unpaired) electrons. The smallest absolute Gasteiger partial charge is 0.240 e. The lowest BCUT2D eigenvalue weighted by molar-refractivity contribution is -0.0609. The highest BCUT2D eigenvalue weighted by Gasteiger charge is 2.40. The van der Waals surface area contributed by atoms with Crippen LogP contribution in [0.1, 0.15) is 57.2 Å². The van der Waals surface area contributed by atoms with Crippen LogP contribution in [0.3, 0.4) is 0 Å². The standard InChI is InChI=1S/C14H23N3O2/c1-10-5-7-14(18-2,8-6-10)13-16-12(19-17-13)9-15-11-3-4-11/h10-11,15H,3-9H2,1-2H3. The Morgan fingerprint density at radius 2 is 2.05 bits per heavy atom. The molecule has 0 spiro atoms. The van der Waals surface area contributed by atoms with E-state index < -0.39 is 0 Å². The quantitative estimate of drug-likeness (QED) is 0.885. The molecule has 2 aliphatic carbocycles. The van der Waals surface area contributed by atoms with Crippen molar-refractivity contribution in [1.29, 1.82) is 0 Å². The van der Waals surface area contributed by atoms with Gasteiger partial charge in [0.05, 0.1) is 6.54 Å². The molecular formula is C14H23N3O2. The molecule has 2 aliphatic rings. The summed E-state index contributed by atoms with van der Waals surface area (Å²) in [5, 5.41) is 7.54. The molecule has 1 aromatic heterocycles. The summed E-state index contributed by atoms with van der Waals surface area (Å²) in [5.74, 6) is 2.18. The van der Waals surface area contributed by atoms with Crippen molar-refractivity contribution >= 4 is 0 Å². The Kier molecular flexibility index (Phi) is 3.58. The first-order valence-corrected chi connectivity index (χ1v) is 7.33. The van der Waals surface area contributed by atoms with E-state index in [1.165, 1.54) is 12.8 Å². The van der Waals surface area contributed by atoms with Crippen LogP contribution < -0.4 is 5.32 Å². The molecular weight excluding hydrogens is 242 g/mol. The molecule has 1 heterocycles. The molecule has 19 heavy (non-hydrogen) atoms. The molecule has 5 heteroatoms. The number of nitrogens with one attached hydrogen (secondary N) is 1. The molecule has 5 nitrogen and oxygen atoms in total. The molecule has 2 fully saturated rings. The van der Waals surface area contributed by atoms with Crippen molar-refractivity contribution < 1.29 is 9.26 Å². The van der Waals surface area contributed by atoms with E-state index in [4.69, 9.17) is 9.26 Å². The zero-order valence-electron chi connectivity index (χ0n) is 11.8. The van der Waals surface area contributed by atoms with Crippen molar-refractivity contribution in [2.45, 2.75) is 63.6 Å². The molecule has 106 valence electrons. The Hall–Kier alpha value is -0.940. The maximum absolute atomic E-state index is 5.76. The molecule has 0 aromatic carbocycles. The van der Waals surface area contributed by atoms with Gasteiger partial charge >= 0.3 is 0 Å². The third-order valence-electron chi connectivity index (χ3n) is 4.47. The molecule has 0 unspecified atom stereocenters. The van der Waals surface area contributed by atoms with Crippen LogP contribution in [0.4, 0.5) is 0 Å². The van der Waals surface area contributed by atoms with E-state index in [1.54, 1.807) is 7.11 Å². The largest absolute Gasteiger partial charge is 0.370 e. The summed E-state index contributed by atoms with van der Waals surface area (Å²) < 4.78 is 11.1. The number of hydrogen-bond donors (Lipinski definition) is 1. The van der Waals surface area contributed by atoms with Crippen molar-refractivity contribution in [2.24, 2.45) is 5.92 Å². The first-order chi connectivity index (χ1) is 9.22. The van der Waals surface area contributed by atoms with Gasteiger partial charge in [0.2, 0.25) is 11.7 Å². The van der Waals surface area contributed by atoms with Gasteiger partial charge in [0, 0.05) is 13.2 Å². The van der Waals surface area contributed by atoms with E-state index in [0.717, 1.165) is 37.4 Å². The van der Waals surface area contributed by atoms with E-state index in [-0.39, 0.29) is 5.60 Å². The minimum Gasteiger partial charge on any atom is -0.370 e. The van der Waals surface area contributed by atoms with Gasteiger partial charge in [-0.25, -0.2) is 0 Å². The van der Waals surface area contributed by atoms with Gasteiger partial charge in [0.1, 0.15) is 5.60 Å². The summed E-state index contributed by atoms with van der Waals surface area (Å²) in [6.45, 7) is 2.97. The van der Waals surface area contributed by atoms with E-state index >= 15 is 0 Å². The predicted molar refractivity (Wildman–Crippen MR) is 70.5 cm³/mol. The highest BCUT2D eigenvalue weighted by atomic mass is 16.5. The fourth-order valence-corrected chi connectivity index (χ4v) is 2.78. The average Bonchev–Trinajstić information content (AvgIpc) is 3.15. The maximum Gasteiger partial charge on any atom is 0.240 e. The third-order valence-corrected chi connectivity index (χ3v) is 4.47. The van der Waals surface area contributed by atoms with Crippen molar-refractivity contribution in [1.82, 2.24) is 15.5 Å². The molecule has 0 bridgehead atoms. The van der Waals surface area contributed by atoms with Crippen LogP contribution in [0, 0.1) is 5.92 Å². The zero-order chi connectivity index (χ0) is 13.3. The maximum atomic E-state index is 5.76. The van der Waals surface area contributed by atoms with Crippen molar-refractivity contribution in [3.05, 3.63) is 11.7 Å². The number of hydrogen-bond acceptors (Lipinski definition) is 5. The first-order valence-electron chi connectivity index (χ1n) is 7.33. The molecule has 3 rings (SSSR count). The SMILES string of the molecule is COC1(c2noc(CNC3CC3)n2)CCC(C)CC1. The van der Waals surface area contributed by atoms with Crippen LogP contribution >= 0.6 is 0 Å². The van der Waals surface area contributed by atoms with E-state index in [0.29, 0.717) is 18.5 Å². The van der Waals surface area contributed by atoms with E-state index in [2.05, 4.69) is 22.4 Å². The minimum atomic E-state index is -0.326. The van der Waals surface area contributed by atoms with Crippen LogP contribution in [0.25, 0.3) is 0 Å². The Balaban J connectivity index is 1.68. The summed E-state index contributed by atoms with van der Waals surface area (Å²) in [6, 6.07) is 0.655. The average molecular weight is 265 g/mol. The fourth-order valence-electron chi connectivity index (χ4n) is 2.78. The van der Waals surface area contributed by atoms with E-state index in [9.17, 15) is 0 Å². The highest BCUT2D eigenvalue weighted by molar-refractivity contribution is 5.04. The molecule has 1 aromatic rings. The van der Waals surface area contributed by atoms with Crippen LogP contribution in [-0.2, 0) is 16.9 Å². The number of ether oxygens (including phenoxy) is 1. The van der Waals surface area contributed by atoms with Crippen LogP contribution in [0.15, 0.2) is 4.52 Å². The summed E-state index contributed by atoms with van der Waals surface area (Å²) >= 11 is 0. The first kappa shape index (κ1) is 13.1. The van der Waals surface area contributed by atoms with Gasteiger partial charge < -0.3 is 14.6 Å². The fraction of sp³-hybridized carbons (Fsp3) is 0.857. The number of rotatable bonds is 5. The van der Waals surface area contributed by atoms with Crippen molar-refractivity contribution in [3.8, 4) is 0 Å². The van der Waals surface area contributed by atoms with Gasteiger partial charge in [0.25, 0.3) is 0 Å². The van der Waals surface area contributed by atoms with Crippen LogP contribution in [-0.4, -0.2) is 23.3 Å². The monoisotopic (exact) mass is 265 g/mol. The summed E-state index contributed by atoms with van der Waals surface area (Å²) in [6.07, 6.45) is 6.83. The van der Waals surface area contributed by atoms with Gasteiger partial charge in [-0.3, -0.25) is 0 Å². The minimum absolute atomic E-state index is 0.326. The summed E-state index contributed by atoms with van der Waals surface area (Å²) in [4.78, 5) is 4.54. The lowest BCUT2D eigenvalue weighted by atomic mass is 9.79. The van der Waals surface area contributed by atoms with Crippen molar-refractivity contribution in [2.75, 3.05) is 7.11 Å². The summed E-state index contributed by atoms with van der Waals surface area (Å²) in [5.41, 5.74) is -0.326. The molecule has 0 amide bonds. The molecule has 0 aliphatic heterocycles. The topological polar surface area (TPSA) is 60.2 Å². The van der Waals surface area contributed by atoms with Gasteiger partial charge in [-0.15, -0.1) is 0 Å². The molecule has 0 saturated heterocycles. The van der Waals surface area contributed by atoms with Crippen LogP contribution in [0.2, 0.25) is 0 Å².